The fourth-order valence-corrected chi connectivity index (χ4v) is 3.20. The fourth-order valence-electron chi connectivity index (χ4n) is 3.20. The Morgan fingerprint density at radius 3 is 2.88 bits per heavy atom. The van der Waals surface area contributed by atoms with Crippen molar-refractivity contribution in [3.05, 3.63) is 48.3 Å². The number of aryl methyl sites for hydroxylation is 1. The average Bonchev–Trinajstić information content (AvgIpc) is 2.82. The maximum atomic E-state index is 5.35. The van der Waals surface area contributed by atoms with Gasteiger partial charge < -0.3 is 9.64 Å². The predicted molar refractivity (Wildman–Crippen MR) is 98.5 cm³/mol. The number of hydrogen-bond acceptors (Lipinski definition) is 4. The second kappa shape index (κ2) is 7.53. The van der Waals surface area contributed by atoms with E-state index in [0.29, 0.717) is 0 Å². The van der Waals surface area contributed by atoms with Gasteiger partial charge in [0.25, 0.3) is 0 Å². The molecule has 0 radical (unpaired) electrons. The van der Waals surface area contributed by atoms with Crippen molar-refractivity contribution in [1.82, 2.24) is 14.7 Å². The number of nitrogens with zero attached hydrogens (tertiary/aromatic N) is 4. The Kier molecular flexibility index (Phi) is 5.20. The smallest absolute Gasteiger partial charge is 0.120 e. The molecule has 2 aromatic rings. The van der Waals surface area contributed by atoms with Gasteiger partial charge in [0.2, 0.25) is 0 Å². The van der Waals surface area contributed by atoms with E-state index >= 15 is 0 Å². The number of ether oxygens (including phenoxy) is 1. The van der Waals surface area contributed by atoms with Crippen molar-refractivity contribution < 1.29 is 4.74 Å². The lowest BCUT2D eigenvalue weighted by atomic mass is 10.2. The second-order valence-electron chi connectivity index (χ2n) is 6.22. The van der Waals surface area contributed by atoms with Gasteiger partial charge >= 0.3 is 0 Å². The predicted octanol–water partition coefficient (Wildman–Crippen LogP) is 3.01. The van der Waals surface area contributed by atoms with Crippen molar-refractivity contribution in [1.29, 1.82) is 0 Å². The molecular formula is C19H26N4O. The first-order valence-electron chi connectivity index (χ1n) is 8.48. The maximum absolute atomic E-state index is 5.35. The molecule has 1 aliphatic rings. The third kappa shape index (κ3) is 3.79. The van der Waals surface area contributed by atoms with Crippen LogP contribution in [0.25, 0.3) is 6.20 Å². The number of benzene rings is 1. The van der Waals surface area contributed by atoms with Gasteiger partial charge in [-0.05, 0) is 25.5 Å². The highest BCUT2D eigenvalue weighted by Crippen LogP contribution is 2.22. The highest BCUT2D eigenvalue weighted by molar-refractivity contribution is 5.50. The number of aromatic nitrogens is 2. The van der Waals surface area contributed by atoms with E-state index in [1.807, 2.05) is 6.07 Å². The first kappa shape index (κ1) is 16.6. The van der Waals surface area contributed by atoms with Gasteiger partial charge in [-0.3, -0.25) is 4.90 Å². The van der Waals surface area contributed by atoms with E-state index in [0.717, 1.165) is 50.6 Å². The molecule has 0 saturated carbocycles. The molecule has 5 nitrogen and oxygen atoms in total. The van der Waals surface area contributed by atoms with E-state index in [-0.39, 0.29) is 0 Å². The molecule has 0 N–H and O–H groups in total. The molecule has 0 spiro atoms. The molecule has 128 valence electrons. The van der Waals surface area contributed by atoms with Gasteiger partial charge in [0.05, 0.1) is 12.8 Å². The van der Waals surface area contributed by atoms with Gasteiger partial charge in [-0.1, -0.05) is 12.6 Å². The summed E-state index contributed by atoms with van der Waals surface area (Å²) in [6.45, 7) is 11.1. The summed E-state index contributed by atoms with van der Waals surface area (Å²) in [6.07, 6.45) is 4.97. The molecule has 3 rings (SSSR count). The molecule has 1 fully saturated rings. The molecule has 0 aliphatic carbocycles. The molecule has 0 unspecified atom stereocenters. The van der Waals surface area contributed by atoms with Crippen LogP contribution < -0.4 is 9.64 Å². The normalized spacial score (nSPS) is 16.0. The minimum Gasteiger partial charge on any atom is -0.497 e. The Morgan fingerprint density at radius 2 is 2.12 bits per heavy atom. The summed E-state index contributed by atoms with van der Waals surface area (Å²) < 4.78 is 7.15. The summed E-state index contributed by atoms with van der Waals surface area (Å²) >= 11 is 0. The molecule has 24 heavy (non-hydrogen) atoms. The summed E-state index contributed by atoms with van der Waals surface area (Å²) in [4.78, 5) is 4.96. The lowest BCUT2D eigenvalue weighted by molar-refractivity contribution is 0.285. The zero-order valence-electron chi connectivity index (χ0n) is 14.6. The summed E-state index contributed by atoms with van der Waals surface area (Å²) in [6, 6.07) is 8.34. The number of hydrogen-bond donors (Lipinski definition) is 0. The Bertz CT molecular complexity index is 694. The first-order chi connectivity index (χ1) is 11.7. The highest BCUT2D eigenvalue weighted by atomic mass is 16.5. The Morgan fingerprint density at radius 1 is 1.25 bits per heavy atom. The molecule has 1 saturated heterocycles. The monoisotopic (exact) mass is 326 g/mol. The van der Waals surface area contributed by atoms with Gasteiger partial charge in [-0.2, -0.15) is 5.10 Å². The Hall–Kier alpha value is -2.27. The quantitative estimate of drug-likeness (QED) is 0.846. The van der Waals surface area contributed by atoms with Crippen LogP contribution in [0.1, 0.15) is 17.7 Å². The van der Waals surface area contributed by atoms with Gasteiger partial charge in [0, 0.05) is 62.4 Å². The van der Waals surface area contributed by atoms with Crippen molar-refractivity contribution in [3.8, 4) is 5.75 Å². The standard InChI is InChI=1S/C19H26N4O/c1-4-23-15-17(16(2)20-23)14-21-9-6-10-22(12-11-21)18-7-5-8-19(13-18)24-3/h4-5,7-8,13,15H,1,6,9-12,14H2,2-3H3. The molecule has 0 atom stereocenters. The number of anilines is 1. The summed E-state index contributed by atoms with van der Waals surface area (Å²) in [5, 5.41) is 4.45. The molecule has 1 aromatic heterocycles. The van der Waals surface area contributed by atoms with Crippen LogP contribution in [0, 0.1) is 6.92 Å². The summed E-state index contributed by atoms with van der Waals surface area (Å²) in [5.41, 5.74) is 3.61. The van der Waals surface area contributed by atoms with E-state index in [9.17, 15) is 0 Å². The number of methoxy groups -OCH3 is 1. The van der Waals surface area contributed by atoms with Gasteiger partial charge in [0.15, 0.2) is 0 Å². The number of rotatable bonds is 5. The lowest BCUT2D eigenvalue weighted by Gasteiger charge is -2.24. The van der Waals surface area contributed by atoms with E-state index in [4.69, 9.17) is 4.74 Å². The SMILES string of the molecule is C=Cn1cc(CN2CCCN(c3cccc(OC)c3)CC2)c(C)n1. The van der Waals surface area contributed by atoms with Crippen LogP contribution in [0.3, 0.4) is 0 Å². The minimum absolute atomic E-state index is 0.918. The van der Waals surface area contributed by atoms with E-state index < -0.39 is 0 Å². The molecule has 5 heteroatoms. The topological polar surface area (TPSA) is 33.5 Å². The average molecular weight is 326 g/mol. The lowest BCUT2D eigenvalue weighted by Crippen LogP contribution is -2.30. The van der Waals surface area contributed by atoms with Crippen LogP contribution in [0.4, 0.5) is 5.69 Å². The maximum Gasteiger partial charge on any atom is 0.120 e. The second-order valence-corrected chi connectivity index (χ2v) is 6.22. The van der Waals surface area contributed by atoms with E-state index in [1.165, 1.54) is 11.3 Å². The van der Waals surface area contributed by atoms with Crippen molar-refractivity contribution in [2.75, 3.05) is 38.2 Å². The van der Waals surface area contributed by atoms with Crippen LogP contribution in [0.2, 0.25) is 0 Å². The minimum atomic E-state index is 0.918. The molecule has 2 heterocycles. The highest BCUT2D eigenvalue weighted by Gasteiger charge is 2.17. The van der Waals surface area contributed by atoms with Crippen molar-refractivity contribution in [2.45, 2.75) is 19.9 Å². The van der Waals surface area contributed by atoms with Crippen LogP contribution in [-0.4, -0.2) is 48.0 Å². The zero-order chi connectivity index (χ0) is 16.9. The van der Waals surface area contributed by atoms with Crippen LogP contribution in [0.5, 0.6) is 5.75 Å². The first-order valence-corrected chi connectivity index (χ1v) is 8.48. The van der Waals surface area contributed by atoms with E-state index in [1.54, 1.807) is 18.0 Å². The van der Waals surface area contributed by atoms with Crippen molar-refractivity contribution >= 4 is 11.9 Å². The van der Waals surface area contributed by atoms with Gasteiger partial charge in [-0.15, -0.1) is 0 Å². The fraction of sp³-hybridized carbons (Fsp3) is 0.421. The molecule has 0 bridgehead atoms. The summed E-state index contributed by atoms with van der Waals surface area (Å²) in [7, 11) is 1.72. The molecule has 1 aromatic carbocycles. The van der Waals surface area contributed by atoms with Crippen LogP contribution in [-0.2, 0) is 6.54 Å². The van der Waals surface area contributed by atoms with Gasteiger partial charge in [0.1, 0.15) is 5.75 Å². The van der Waals surface area contributed by atoms with Crippen molar-refractivity contribution in [2.24, 2.45) is 0 Å². The molecule has 0 amide bonds. The third-order valence-corrected chi connectivity index (χ3v) is 4.61. The summed E-state index contributed by atoms with van der Waals surface area (Å²) in [5.74, 6) is 0.918. The van der Waals surface area contributed by atoms with Crippen LogP contribution >= 0.6 is 0 Å². The third-order valence-electron chi connectivity index (χ3n) is 4.61. The zero-order valence-corrected chi connectivity index (χ0v) is 14.6. The van der Waals surface area contributed by atoms with Crippen LogP contribution in [0.15, 0.2) is 37.0 Å². The Balaban J connectivity index is 1.64. The van der Waals surface area contributed by atoms with Gasteiger partial charge in [-0.25, -0.2) is 4.68 Å². The molecule has 1 aliphatic heterocycles. The largest absolute Gasteiger partial charge is 0.497 e. The van der Waals surface area contributed by atoms with Crippen molar-refractivity contribution in [3.63, 3.8) is 0 Å². The van der Waals surface area contributed by atoms with E-state index in [2.05, 4.69) is 52.8 Å². The Labute approximate surface area is 144 Å². The molecular weight excluding hydrogens is 300 g/mol.